The molecule has 0 saturated carbocycles. The maximum Gasteiger partial charge on any atom is 0.252 e. The first-order valence-electron chi connectivity index (χ1n) is 10.1. The highest BCUT2D eigenvalue weighted by Crippen LogP contribution is 2.26. The Balaban J connectivity index is 1.52. The van der Waals surface area contributed by atoms with E-state index < -0.39 is 0 Å². The maximum atomic E-state index is 13.0. The number of halogens is 2. The Morgan fingerprint density at radius 2 is 2.03 bits per heavy atom. The van der Waals surface area contributed by atoms with Crippen LogP contribution in [0.5, 0.6) is 0 Å². The minimum atomic E-state index is -0.150. The van der Waals surface area contributed by atoms with Crippen LogP contribution in [0.2, 0.25) is 10.2 Å². The molecule has 0 fully saturated rings. The fourth-order valence-electron chi connectivity index (χ4n) is 3.39. The van der Waals surface area contributed by atoms with E-state index in [1.165, 1.54) is 0 Å². The van der Waals surface area contributed by atoms with Gasteiger partial charge in [-0.3, -0.25) is 14.2 Å². The minimum absolute atomic E-state index is 0.150. The van der Waals surface area contributed by atoms with Gasteiger partial charge in [0.15, 0.2) is 0 Å². The van der Waals surface area contributed by atoms with Crippen LogP contribution in [0.15, 0.2) is 42.7 Å². The number of para-hydroxylation sites is 1. The van der Waals surface area contributed by atoms with Crippen molar-refractivity contribution in [1.82, 2.24) is 29.9 Å². The van der Waals surface area contributed by atoms with E-state index in [1.54, 1.807) is 10.9 Å². The van der Waals surface area contributed by atoms with Gasteiger partial charge in [0, 0.05) is 36.8 Å². The van der Waals surface area contributed by atoms with Crippen LogP contribution in [-0.4, -0.2) is 37.0 Å². The highest BCUT2D eigenvalue weighted by molar-refractivity contribution is 6.41. The number of nitrogens with zero attached hydrogens (tertiary/aromatic N) is 5. The lowest BCUT2D eigenvalue weighted by Gasteiger charge is -2.10. The molecular formula is C22H22Cl2N6O. The fourth-order valence-corrected chi connectivity index (χ4v) is 3.78. The number of aryl methyl sites for hydroxylation is 3. The van der Waals surface area contributed by atoms with Crippen molar-refractivity contribution in [3.63, 3.8) is 0 Å². The topological polar surface area (TPSA) is 77.6 Å². The van der Waals surface area contributed by atoms with Gasteiger partial charge in [0.05, 0.1) is 28.7 Å². The average Bonchev–Trinajstić information content (AvgIpc) is 3.36. The molecular weight excluding hydrogens is 435 g/mol. The van der Waals surface area contributed by atoms with Gasteiger partial charge in [-0.05, 0) is 32.4 Å². The van der Waals surface area contributed by atoms with Crippen LogP contribution in [0, 0.1) is 6.92 Å². The average molecular weight is 457 g/mol. The van der Waals surface area contributed by atoms with Gasteiger partial charge in [-0.1, -0.05) is 41.4 Å². The van der Waals surface area contributed by atoms with Crippen LogP contribution in [0.1, 0.15) is 29.4 Å². The smallest absolute Gasteiger partial charge is 0.252 e. The summed E-state index contributed by atoms with van der Waals surface area (Å²) in [4.78, 5) is 17.7. The van der Waals surface area contributed by atoms with Crippen LogP contribution < -0.4 is 5.32 Å². The molecule has 4 aromatic rings. The van der Waals surface area contributed by atoms with Gasteiger partial charge in [0.2, 0.25) is 0 Å². The van der Waals surface area contributed by atoms with Crippen molar-refractivity contribution in [2.75, 3.05) is 6.54 Å². The second kappa shape index (κ2) is 9.08. The molecule has 0 atom stereocenters. The van der Waals surface area contributed by atoms with Crippen molar-refractivity contribution < 1.29 is 4.79 Å². The zero-order valence-corrected chi connectivity index (χ0v) is 18.8. The maximum absolute atomic E-state index is 13.0. The largest absolute Gasteiger partial charge is 0.352 e. The van der Waals surface area contributed by atoms with Gasteiger partial charge < -0.3 is 5.32 Å². The van der Waals surface area contributed by atoms with E-state index in [4.69, 9.17) is 28.2 Å². The zero-order valence-electron chi connectivity index (χ0n) is 17.3. The Kier molecular flexibility index (Phi) is 6.25. The van der Waals surface area contributed by atoms with E-state index in [1.807, 2.05) is 55.1 Å². The quantitative estimate of drug-likeness (QED) is 0.407. The summed E-state index contributed by atoms with van der Waals surface area (Å²) < 4.78 is 3.48. The van der Waals surface area contributed by atoms with Gasteiger partial charge in [-0.2, -0.15) is 10.2 Å². The molecule has 31 heavy (non-hydrogen) atoms. The van der Waals surface area contributed by atoms with Crippen LogP contribution in [0.3, 0.4) is 0 Å². The molecule has 0 unspecified atom stereocenters. The number of pyridine rings is 1. The summed E-state index contributed by atoms with van der Waals surface area (Å²) in [7, 11) is 0. The van der Waals surface area contributed by atoms with Crippen LogP contribution in [0.25, 0.3) is 22.2 Å². The molecule has 160 valence electrons. The van der Waals surface area contributed by atoms with Gasteiger partial charge in [0.1, 0.15) is 10.2 Å². The number of benzene rings is 1. The molecule has 1 N–H and O–H groups in total. The lowest BCUT2D eigenvalue weighted by molar-refractivity contribution is 0.0954. The summed E-state index contributed by atoms with van der Waals surface area (Å²) in [5.41, 5.74) is 3.64. The van der Waals surface area contributed by atoms with Gasteiger partial charge in [-0.15, -0.1) is 0 Å². The first-order chi connectivity index (χ1) is 15.0. The minimum Gasteiger partial charge on any atom is -0.352 e. The summed E-state index contributed by atoms with van der Waals surface area (Å²) in [6.07, 6.45) is 4.37. The fraction of sp³-hybridized carbons (Fsp3) is 0.273. The Morgan fingerprint density at radius 1 is 1.23 bits per heavy atom. The molecule has 0 saturated heterocycles. The van der Waals surface area contributed by atoms with Crippen LogP contribution in [-0.2, 0) is 13.1 Å². The number of hydrogen-bond acceptors (Lipinski definition) is 4. The monoisotopic (exact) mass is 456 g/mol. The Labute approximate surface area is 190 Å². The van der Waals surface area contributed by atoms with Crippen molar-refractivity contribution in [1.29, 1.82) is 0 Å². The second-order valence-electron chi connectivity index (χ2n) is 7.18. The number of rotatable bonds is 7. The summed E-state index contributed by atoms with van der Waals surface area (Å²) >= 11 is 12.2. The number of carbonyl (C=O) groups excluding carboxylic acids is 1. The lowest BCUT2D eigenvalue weighted by atomic mass is 10.0. The number of hydrogen-bond donors (Lipinski definition) is 1. The molecule has 4 rings (SSSR count). The zero-order chi connectivity index (χ0) is 22.0. The van der Waals surface area contributed by atoms with Gasteiger partial charge in [0.25, 0.3) is 5.91 Å². The molecule has 0 bridgehead atoms. The Morgan fingerprint density at radius 3 is 2.74 bits per heavy atom. The van der Waals surface area contributed by atoms with E-state index in [0.717, 1.165) is 28.7 Å². The van der Waals surface area contributed by atoms with Crippen LogP contribution in [0.4, 0.5) is 0 Å². The molecule has 0 aliphatic carbocycles. The molecule has 7 nitrogen and oxygen atoms in total. The van der Waals surface area contributed by atoms with Crippen molar-refractivity contribution in [3.8, 4) is 11.3 Å². The van der Waals surface area contributed by atoms with Crippen molar-refractivity contribution in [3.05, 3.63) is 64.2 Å². The third-order valence-corrected chi connectivity index (χ3v) is 5.98. The number of aromatic nitrogens is 5. The van der Waals surface area contributed by atoms with E-state index in [0.29, 0.717) is 40.9 Å². The number of amides is 1. The van der Waals surface area contributed by atoms with Gasteiger partial charge >= 0.3 is 0 Å². The molecule has 0 radical (unpaired) electrons. The van der Waals surface area contributed by atoms with E-state index in [9.17, 15) is 4.79 Å². The standard InChI is InChI=1S/C22H22Cl2N6O/c1-3-29-13-15(12-26-29)19-11-17(16-7-4-5-8-18(16)27-19)22(31)25-9-6-10-30-21(24)20(23)14(2)28-30/h4-5,7-8,11-13H,3,6,9-10H2,1-2H3,(H,25,31). The third-order valence-electron chi connectivity index (χ3n) is 5.04. The molecule has 0 spiro atoms. The molecule has 3 heterocycles. The highest BCUT2D eigenvalue weighted by atomic mass is 35.5. The molecule has 9 heteroatoms. The van der Waals surface area contributed by atoms with Gasteiger partial charge in [-0.25, -0.2) is 4.98 Å². The Bertz CT molecular complexity index is 1250. The van der Waals surface area contributed by atoms with Crippen molar-refractivity contribution in [2.45, 2.75) is 33.4 Å². The third kappa shape index (κ3) is 4.43. The molecule has 0 aliphatic heterocycles. The van der Waals surface area contributed by atoms with E-state index in [-0.39, 0.29) is 5.91 Å². The van der Waals surface area contributed by atoms with E-state index in [2.05, 4.69) is 15.5 Å². The number of fused-ring (bicyclic) bond motifs is 1. The van der Waals surface area contributed by atoms with E-state index >= 15 is 0 Å². The summed E-state index contributed by atoms with van der Waals surface area (Å²) in [6, 6.07) is 9.46. The molecule has 1 amide bonds. The normalized spacial score (nSPS) is 11.2. The summed E-state index contributed by atoms with van der Waals surface area (Å²) in [5.74, 6) is -0.150. The van der Waals surface area contributed by atoms with Crippen molar-refractivity contribution in [2.24, 2.45) is 0 Å². The number of nitrogens with one attached hydrogen (secondary N) is 1. The number of carbonyl (C=O) groups is 1. The van der Waals surface area contributed by atoms with Crippen molar-refractivity contribution >= 4 is 40.0 Å². The Hall–Kier alpha value is -2.90. The molecule has 3 aromatic heterocycles. The summed E-state index contributed by atoms with van der Waals surface area (Å²) in [6.45, 7) is 5.64. The lowest BCUT2D eigenvalue weighted by Crippen LogP contribution is -2.25. The predicted molar refractivity (Wildman–Crippen MR) is 123 cm³/mol. The highest BCUT2D eigenvalue weighted by Gasteiger charge is 2.15. The second-order valence-corrected chi connectivity index (χ2v) is 7.92. The first-order valence-corrected chi connectivity index (χ1v) is 10.8. The summed E-state index contributed by atoms with van der Waals surface area (Å²) in [5, 5.41) is 13.3. The predicted octanol–water partition coefficient (Wildman–Crippen LogP) is 4.75. The SMILES string of the molecule is CCn1cc(-c2cc(C(=O)NCCCn3nc(C)c(Cl)c3Cl)c3ccccc3n2)cn1. The molecule has 1 aromatic carbocycles. The van der Waals surface area contributed by atoms with Crippen LogP contribution >= 0.6 is 23.2 Å². The first kappa shape index (κ1) is 21.3. The molecule has 0 aliphatic rings.